The summed E-state index contributed by atoms with van der Waals surface area (Å²) in [7, 11) is 1.43. The maximum atomic E-state index is 7.35. The zero-order valence-corrected chi connectivity index (χ0v) is 6.79. The van der Waals surface area contributed by atoms with E-state index in [4.69, 9.17) is 21.6 Å². The highest BCUT2D eigenvalue weighted by atomic mass is 16.5. The molecule has 1 aromatic rings. The number of nitrogens with one attached hydrogen (secondary N) is 1. The van der Waals surface area contributed by atoms with Crippen LogP contribution >= 0.6 is 0 Å². The van der Waals surface area contributed by atoms with Crippen LogP contribution in [0.15, 0.2) is 18.2 Å². The van der Waals surface area contributed by atoms with Crippen molar-refractivity contribution < 1.29 is 4.74 Å². The monoisotopic (exact) mass is 165 g/mol. The molecule has 4 nitrogen and oxygen atoms in total. The van der Waals surface area contributed by atoms with Crippen LogP contribution in [0.3, 0.4) is 0 Å². The van der Waals surface area contributed by atoms with Crippen molar-refractivity contribution in [1.82, 2.24) is 0 Å². The van der Waals surface area contributed by atoms with Crippen LogP contribution < -0.4 is 11.5 Å². The first kappa shape index (κ1) is 8.39. The Bertz CT molecular complexity index is 309. The van der Waals surface area contributed by atoms with Crippen molar-refractivity contribution in [2.75, 3.05) is 18.6 Å². The van der Waals surface area contributed by atoms with Gasteiger partial charge in [0.15, 0.2) is 0 Å². The molecule has 0 atom stereocenters. The topological polar surface area (TPSA) is 85.1 Å². The van der Waals surface area contributed by atoms with Crippen molar-refractivity contribution in [2.24, 2.45) is 0 Å². The molecule has 0 aliphatic heterocycles. The van der Waals surface area contributed by atoms with Gasteiger partial charge in [0.2, 0.25) is 5.90 Å². The van der Waals surface area contributed by atoms with Gasteiger partial charge in [0.05, 0.1) is 12.7 Å². The lowest BCUT2D eigenvalue weighted by Gasteiger charge is -2.05. The largest absolute Gasteiger partial charge is 0.481 e. The highest BCUT2D eigenvalue weighted by molar-refractivity contribution is 5.97. The SMILES string of the molecule is COC(=N)c1ccc(N)cc1N. The molecule has 0 aromatic heterocycles. The zero-order valence-electron chi connectivity index (χ0n) is 6.79. The van der Waals surface area contributed by atoms with Crippen LogP contribution in [0.1, 0.15) is 5.56 Å². The van der Waals surface area contributed by atoms with E-state index in [1.165, 1.54) is 7.11 Å². The van der Waals surface area contributed by atoms with Crippen molar-refractivity contribution in [3.63, 3.8) is 0 Å². The summed E-state index contributed by atoms with van der Waals surface area (Å²) >= 11 is 0. The third-order valence-corrected chi connectivity index (χ3v) is 1.52. The Balaban J connectivity index is 3.09. The molecule has 0 aliphatic rings. The summed E-state index contributed by atoms with van der Waals surface area (Å²) < 4.78 is 4.72. The standard InChI is InChI=1S/C8H11N3O/c1-12-8(11)6-3-2-5(9)4-7(6)10/h2-4,11H,9-10H2,1H3. The lowest BCUT2D eigenvalue weighted by molar-refractivity contribution is 0.401. The molecule has 0 bridgehead atoms. The number of hydrogen-bond acceptors (Lipinski definition) is 4. The molecular formula is C8H11N3O. The van der Waals surface area contributed by atoms with Gasteiger partial charge in [-0.25, -0.2) is 0 Å². The molecule has 1 rings (SSSR count). The summed E-state index contributed by atoms with van der Waals surface area (Å²) in [4.78, 5) is 0. The number of nitrogen functional groups attached to an aromatic ring is 2. The molecule has 0 amide bonds. The first-order valence-corrected chi connectivity index (χ1v) is 3.43. The fourth-order valence-corrected chi connectivity index (χ4v) is 0.898. The number of ether oxygens (including phenoxy) is 1. The van der Waals surface area contributed by atoms with E-state index in [9.17, 15) is 0 Å². The summed E-state index contributed by atoms with van der Waals surface area (Å²) in [6.45, 7) is 0. The van der Waals surface area contributed by atoms with E-state index in [2.05, 4.69) is 0 Å². The summed E-state index contributed by atoms with van der Waals surface area (Å²) in [5.41, 5.74) is 12.7. The Morgan fingerprint density at radius 2 is 2.08 bits per heavy atom. The van der Waals surface area contributed by atoms with E-state index < -0.39 is 0 Å². The lowest BCUT2D eigenvalue weighted by Crippen LogP contribution is -2.05. The Hall–Kier alpha value is -1.71. The summed E-state index contributed by atoms with van der Waals surface area (Å²) in [6, 6.07) is 4.94. The predicted octanol–water partition coefficient (Wildman–Crippen LogP) is 0.823. The minimum absolute atomic E-state index is 0.0486. The van der Waals surface area contributed by atoms with Crippen molar-refractivity contribution in [3.05, 3.63) is 23.8 Å². The maximum Gasteiger partial charge on any atom is 0.215 e. The Morgan fingerprint density at radius 1 is 1.42 bits per heavy atom. The zero-order chi connectivity index (χ0) is 9.14. The number of anilines is 2. The first-order chi connectivity index (χ1) is 5.65. The summed E-state index contributed by atoms with van der Waals surface area (Å²) in [5.74, 6) is 0.0486. The van der Waals surface area contributed by atoms with E-state index in [0.29, 0.717) is 16.9 Å². The average molecular weight is 165 g/mol. The minimum Gasteiger partial charge on any atom is -0.481 e. The highest BCUT2D eigenvalue weighted by Gasteiger charge is 2.04. The molecule has 0 aliphatic carbocycles. The van der Waals surface area contributed by atoms with Gasteiger partial charge in [-0.05, 0) is 18.2 Å². The van der Waals surface area contributed by atoms with E-state index in [1.54, 1.807) is 18.2 Å². The van der Waals surface area contributed by atoms with Gasteiger partial charge in [0, 0.05) is 11.4 Å². The smallest absolute Gasteiger partial charge is 0.215 e. The van der Waals surface area contributed by atoms with Crippen LogP contribution in [0.25, 0.3) is 0 Å². The molecule has 0 unspecified atom stereocenters. The van der Waals surface area contributed by atoms with Crippen molar-refractivity contribution in [3.8, 4) is 0 Å². The molecule has 12 heavy (non-hydrogen) atoms. The summed E-state index contributed by atoms with van der Waals surface area (Å²) in [5, 5.41) is 7.35. The Kier molecular flexibility index (Phi) is 2.19. The van der Waals surface area contributed by atoms with Crippen LogP contribution in [-0.4, -0.2) is 13.0 Å². The van der Waals surface area contributed by atoms with Crippen LogP contribution in [0.2, 0.25) is 0 Å². The number of methoxy groups -OCH3 is 1. The van der Waals surface area contributed by atoms with Crippen molar-refractivity contribution in [2.45, 2.75) is 0 Å². The molecular weight excluding hydrogens is 154 g/mol. The molecule has 0 saturated heterocycles. The maximum absolute atomic E-state index is 7.35. The van der Waals surface area contributed by atoms with Gasteiger partial charge < -0.3 is 16.2 Å². The van der Waals surface area contributed by atoms with Crippen LogP contribution in [0.4, 0.5) is 11.4 Å². The summed E-state index contributed by atoms with van der Waals surface area (Å²) in [6.07, 6.45) is 0. The van der Waals surface area contributed by atoms with Gasteiger partial charge in [-0.15, -0.1) is 0 Å². The fourth-order valence-electron chi connectivity index (χ4n) is 0.898. The quantitative estimate of drug-likeness (QED) is 0.327. The van der Waals surface area contributed by atoms with E-state index in [-0.39, 0.29) is 5.90 Å². The van der Waals surface area contributed by atoms with Crippen LogP contribution in [-0.2, 0) is 4.74 Å². The first-order valence-electron chi connectivity index (χ1n) is 3.43. The highest BCUT2D eigenvalue weighted by Crippen LogP contribution is 2.15. The molecule has 64 valence electrons. The molecule has 0 fully saturated rings. The van der Waals surface area contributed by atoms with Crippen LogP contribution in [0, 0.1) is 5.41 Å². The number of hydrogen-bond donors (Lipinski definition) is 3. The second-order valence-corrected chi connectivity index (χ2v) is 2.38. The molecule has 0 spiro atoms. The molecule has 4 heteroatoms. The predicted molar refractivity (Wildman–Crippen MR) is 49.1 cm³/mol. The molecule has 0 saturated carbocycles. The van der Waals surface area contributed by atoms with Gasteiger partial charge in [-0.2, -0.15) is 0 Å². The van der Waals surface area contributed by atoms with E-state index in [1.807, 2.05) is 0 Å². The average Bonchev–Trinajstić information content (AvgIpc) is 2.03. The van der Waals surface area contributed by atoms with Gasteiger partial charge in [-0.1, -0.05) is 0 Å². The number of rotatable bonds is 1. The minimum atomic E-state index is 0.0486. The molecule has 0 heterocycles. The Morgan fingerprint density at radius 3 is 2.58 bits per heavy atom. The third-order valence-electron chi connectivity index (χ3n) is 1.52. The fraction of sp³-hybridized carbons (Fsp3) is 0.125. The van der Waals surface area contributed by atoms with Crippen molar-refractivity contribution >= 4 is 17.3 Å². The molecule has 1 aromatic carbocycles. The second-order valence-electron chi connectivity index (χ2n) is 2.38. The van der Waals surface area contributed by atoms with Gasteiger partial charge in [-0.3, -0.25) is 5.41 Å². The van der Waals surface area contributed by atoms with Gasteiger partial charge >= 0.3 is 0 Å². The van der Waals surface area contributed by atoms with Gasteiger partial charge in [0.1, 0.15) is 0 Å². The second kappa shape index (κ2) is 3.13. The molecule has 0 radical (unpaired) electrons. The van der Waals surface area contributed by atoms with Crippen molar-refractivity contribution in [1.29, 1.82) is 5.41 Å². The normalized spacial score (nSPS) is 9.42. The van der Waals surface area contributed by atoms with Gasteiger partial charge in [0.25, 0.3) is 0 Å². The van der Waals surface area contributed by atoms with E-state index in [0.717, 1.165) is 0 Å². The van der Waals surface area contributed by atoms with Crippen LogP contribution in [0.5, 0.6) is 0 Å². The Labute approximate surface area is 70.6 Å². The third kappa shape index (κ3) is 1.47. The molecule has 5 N–H and O–H groups in total. The van der Waals surface area contributed by atoms with E-state index >= 15 is 0 Å². The number of nitrogens with two attached hydrogens (primary N) is 2. The number of benzene rings is 1. The lowest BCUT2D eigenvalue weighted by atomic mass is 10.1.